The molecule has 0 bridgehead atoms. The monoisotopic (exact) mass is 398 g/mol. The minimum absolute atomic E-state index is 0.0341. The van der Waals surface area contributed by atoms with Gasteiger partial charge in [-0.3, -0.25) is 5.01 Å². The Balaban J connectivity index is 1.59. The minimum atomic E-state index is 0.0341. The summed E-state index contributed by atoms with van der Waals surface area (Å²) in [6, 6.07) is 23.2. The van der Waals surface area contributed by atoms with Crippen LogP contribution in [-0.2, 0) is 0 Å². The van der Waals surface area contributed by atoms with Crippen molar-refractivity contribution >= 4 is 11.4 Å². The third kappa shape index (κ3) is 3.83. The van der Waals surface area contributed by atoms with Crippen LogP contribution in [0.2, 0.25) is 0 Å². The summed E-state index contributed by atoms with van der Waals surface area (Å²) in [5.41, 5.74) is 13.6. The molecule has 1 heterocycles. The van der Waals surface area contributed by atoms with Crippen LogP contribution in [0, 0.1) is 11.3 Å². The number of nitrogens with zero attached hydrogens (tertiary/aromatic N) is 2. The SMILES string of the molecule is CC(C)Oc1ccc(-c2ccc(-c3ccc4c(c3)NNN4C(C)C)cc2)cc1C#N. The van der Waals surface area contributed by atoms with Gasteiger partial charge in [-0.05, 0) is 74.2 Å². The Hall–Kier alpha value is -3.49. The van der Waals surface area contributed by atoms with Gasteiger partial charge in [0, 0.05) is 6.04 Å². The largest absolute Gasteiger partial charge is 0.490 e. The number of hydrogen-bond acceptors (Lipinski definition) is 5. The Kier molecular flexibility index (Phi) is 5.35. The van der Waals surface area contributed by atoms with Gasteiger partial charge in [-0.2, -0.15) is 5.26 Å². The molecule has 3 aromatic rings. The summed E-state index contributed by atoms with van der Waals surface area (Å²) in [7, 11) is 0. The third-order valence-electron chi connectivity index (χ3n) is 5.10. The van der Waals surface area contributed by atoms with E-state index < -0.39 is 0 Å². The molecule has 0 atom stereocenters. The smallest absolute Gasteiger partial charge is 0.137 e. The standard InChI is InChI=1S/C25H26N4O/c1-16(2)29-24-11-9-21(14-23(24)27-28-29)19-7-5-18(6-8-19)20-10-12-25(30-17(3)4)22(13-20)15-26/h5-14,16-17,27-28H,1-4H3. The molecule has 152 valence electrons. The number of ether oxygens (including phenoxy) is 1. The van der Waals surface area contributed by atoms with Crippen LogP contribution in [0.15, 0.2) is 60.7 Å². The van der Waals surface area contributed by atoms with Crippen molar-refractivity contribution in [2.75, 3.05) is 10.4 Å². The topological polar surface area (TPSA) is 60.3 Å². The quantitative estimate of drug-likeness (QED) is 0.574. The summed E-state index contributed by atoms with van der Waals surface area (Å²) >= 11 is 0. The minimum Gasteiger partial charge on any atom is -0.490 e. The van der Waals surface area contributed by atoms with Crippen LogP contribution in [0.5, 0.6) is 5.75 Å². The van der Waals surface area contributed by atoms with Gasteiger partial charge in [-0.15, -0.1) is 5.53 Å². The van der Waals surface area contributed by atoms with Crippen molar-refractivity contribution in [1.29, 1.82) is 5.26 Å². The van der Waals surface area contributed by atoms with E-state index in [1.54, 1.807) is 0 Å². The predicted octanol–water partition coefficient (Wildman–Crippen LogP) is 5.74. The molecule has 0 fully saturated rings. The van der Waals surface area contributed by atoms with Gasteiger partial charge in [0.2, 0.25) is 0 Å². The molecule has 0 spiro atoms. The van der Waals surface area contributed by atoms with Gasteiger partial charge in [0.25, 0.3) is 0 Å². The second-order valence-corrected chi connectivity index (χ2v) is 8.00. The lowest BCUT2D eigenvalue weighted by Crippen LogP contribution is -2.41. The van der Waals surface area contributed by atoms with Gasteiger partial charge in [0.1, 0.15) is 11.8 Å². The Morgan fingerprint density at radius 2 is 1.43 bits per heavy atom. The first-order valence-corrected chi connectivity index (χ1v) is 10.2. The maximum absolute atomic E-state index is 9.48. The van der Waals surface area contributed by atoms with Gasteiger partial charge >= 0.3 is 0 Å². The first-order chi connectivity index (χ1) is 14.5. The van der Waals surface area contributed by atoms with Crippen LogP contribution >= 0.6 is 0 Å². The van der Waals surface area contributed by atoms with Crippen molar-refractivity contribution in [2.24, 2.45) is 0 Å². The second kappa shape index (κ2) is 8.10. The van der Waals surface area contributed by atoms with Gasteiger partial charge in [-0.25, -0.2) is 0 Å². The number of hydrazine groups is 2. The fourth-order valence-electron chi connectivity index (χ4n) is 3.62. The van der Waals surface area contributed by atoms with E-state index in [0.29, 0.717) is 17.4 Å². The molecule has 0 aliphatic carbocycles. The van der Waals surface area contributed by atoms with Crippen LogP contribution in [0.3, 0.4) is 0 Å². The molecule has 5 nitrogen and oxygen atoms in total. The molecular formula is C25H26N4O. The van der Waals surface area contributed by atoms with Gasteiger partial charge in [0.15, 0.2) is 0 Å². The summed E-state index contributed by atoms with van der Waals surface area (Å²) in [4.78, 5) is 0. The zero-order valence-corrected chi connectivity index (χ0v) is 17.7. The lowest BCUT2D eigenvalue weighted by Gasteiger charge is -2.22. The van der Waals surface area contributed by atoms with E-state index in [1.807, 2.05) is 32.0 Å². The average molecular weight is 399 g/mol. The van der Waals surface area contributed by atoms with Gasteiger partial charge in [-0.1, -0.05) is 36.4 Å². The number of benzene rings is 3. The van der Waals surface area contributed by atoms with E-state index >= 15 is 0 Å². The van der Waals surface area contributed by atoms with Crippen LogP contribution in [0.25, 0.3) is 22.3 Å². The van der Waals surface area contributed by atoms with Crippen LogP contribution < -0.4 is 20.7 Å². The molecule has 0 saturated heterocycles. The molecule has 1 aliphatic heterocycles. The highest BCUT2D eigenvalue weighted by atomic mass is 16.5. The van der Waals surface area contributed by atoms with Crippen molar-refractivity contribution in [1.82, 2.24) is 5.53 Å². The second-order valence-electron chi connectivity index (χ2n) is 8.00. The number of nitriles is 1. The Labute approximate surface area is 177 Å². The molecule has 4 rings (SSSR count). The highest BCUT2D eigenvalue weighted by Crippen LogP contribution is 2.35. The Morgan fingerprint density at radius 1 is 0.833 bits per heavy atom. The van der Waals surface area contributed by atoms with Crippen molar-refractivity contribution in [3.8, 4) is 34.1 Å². The molecule has 0 unspecified atom stereocenters. The zero-order valence-electron chi connectivity index (χ0n) is 17.7. The maximum Gasteiger partial charge on any atom is 0.137 e. The third-order valence-corrected chi connectivity index (χ3v) is 5.10. The van der Waals surface area contributed by atoms with Crippen LogP contribution in [0.1, 0.15) is 33.3 Å². The molecule has 5 heteroatoms. The van der Waals surface area contributed by atoms with Gasteiger partial charge in [0.05, 0.1) is 23.0 Å². The van der Waals surface area contributed by atoms with Gasteiger partial charge < -0.3 is 10.2 Å². The first kappa shape index (κ1) is 19.8. The van der Waals surface area contributed by atoms with E-state index in [-0.39, 0.29) is 6.10 Å². The number of fused-ring (bicyclic) bond motifs is 1. The molecule has 2 N–H and O–H groups in total. The number of nitrogens with one attached hydrogen (secondary N) is 2. The molecular weight excluding hydrogens is 372 g/mol. The van der Waals surface area contributed by atoms with Crippen LogP contribution in [0.4, 0.5) is 11.4 Å². The molecule has 0 amide bonds. The van der Waals surface area contributed by atoms with Crippen molar-refractivity contribution in [3.63, 3.8) is 0 Å². The number of anilines is 2. The summed E-state index contributed by atoms with van der Waals surface area (Å²) < 4.78 is 5.73. The fourth-order valence-corrected chi connectivity index (χ4v) is 3.62. The van der Waals surface area contributed by atoms with Crippen molar-refractivity contribution in [2.45, 2.75) is 39.8 Å². The average Bonchev–Trinajstić information content (AvgIpc) is 3.17. The zero-order chi connectivity index (χ0) is 21.3. The summed E-state index contributed by atoms with van der Waals surface area (Å²) in [5.74, 6) is 0.627. The number of hydrogen-bond donors (Lipinski definition) is 2. The highest BCUT2D eigenvalue weighted by Gasteiger charge is 2.21. The lowest BCUT2D eigenvalue weighted by molar-refractivity contribution is 0.242. The lowest BCUT2D eigenvalue weighted by atomic mass is 9.98. The van der Waals surface area contributed by atoms with E-state index in [4.69, 9.17) is 4.74 Å². The van der Waals surface area contributed by atoms with Crippen LogP contribution in [-0.4, -0.2) is 12.1 Å². The maximum atomic E-state index is 9.48. The highest BCUT2D eigenvalue weighted by molar-refractivity contribution is 5.81. The summed E-state index contributed by atoms with van der Waals surface area (Å²) in [6.07, 6.45) is 0.0341. The summed E-state index contributed by atoms with van der Waals surface area (Å²) in [6.45, 7) is 8.21. The molecule has 30 heavy (non-hydrogen) atoms. The molecule has 1 aliphatic rings. The molecule has 0 aromatic heterocycles. The van der Waals surface area contributed by atoms with E-state index in [2.05, 4.69) is 78.4 Å². The molecule has 3 aromatic carbocycles. The Morgan fingerprint density at radius 3 is 2.03 bits per heavy atom. The Bertz CT molecular complexity index is 1100. The van der Waals surface area contributed by atoms with E-state index in [1.165, 1.54) is 0 Å². The van der Waals surface area contributed by atoms with E-state index in [9.17, 15) is 5.26 Å². The van der Waals surface area contributed by atoms with Crippen molar-refractivity contribution in [3.05, 3.63) is 66.2 Å². The molecule has 0 radical (unpaired) electrons. The number of rotatable bonds is 5. The molecule has 0 saturated carbocycles. The normalized spacial score (nSPS) is 12.6. The predicted molar refractivity (Wildman–Crippen MR) is 122 cm³/mol. The summed E-state index contributed by atoms with van der Waals surface area (Å²) in [5, 5.41) is 11.6. The van der Waals surface area contributed by atoms with Crippen molar-refractivity contribution < 1.29 is 4.74 Å². The van der Waals surface area contributed by atoms with E-state index in [0.717, 1.165) is 33.6 Å². The fraction of sp³-hybridized carbons (Fsp3) is 0.240. The first-order valence-electron chi connectivity index (χ1n) is 10.2.